The molecule has 0 radical (unpaired) electrons. The van der Waals surface area contributed by atoms with Crippen molar-refractivity contribution in [3.8, 4) is 0 Å². The molecule has 6 heteroatoms. The molecule has 1 aromatic rings. The minimum Gasteiger partial charge on any atom is -0.480 e. The lowest BCUT2D eigenvalue weighted by Gasteiger charge is -2.10. The second-order valence-electron chi connectivity index (χ2n) is 3.28. The van der Waals surface area contributed by atoms with Crippen molar-refractivity contribution in [3.63, 3.8) is 0 Å². The van der Waals surface area contributed by atoms with Crippen LogP contribution in [0.25, 0.3) is 0 Å². The van der Waals surface area contributed by atoms with Crippen molar-refractivity contribution in [1.82, 2.24) is 10.1 Å². The molecule has 0 atom stereocenters. The number of aromatic nitrogens is 1. The Balaban J connectivity index is 2.45. The van der Waals surface area contributed by atoms with Gasteiger partial charge < -0.3 is 14.4 Å². The first-order valence-corrected chi connectivity index (χ1v) is 4.45. The molecule has 0 aliphatic carbocycles. The molecule has 0 amide bonds. The first-order valence-electron chi connectivity index (χ1n) is 4.45. The molecular weight excluding hydrogens is 200 g/mol. The number of hydrogen-bond acceptors (Lipinski definition) is 5. The first kappa shape index (κ1) is 11.7. The zero-order chi connectivity index (χ0) is 11.3. The molecule has 1 heterocycles. The number of carbonyl (C=O) groups is 1. The Morgan fingerprint density at radius 3 is 3.07 bits per heavy atom. The molecule has 0 bridgehead atoms. The lowest BCUT2D eigenvalue weighted by atomic mass is 10.3. The predicted octanol–water partition coefficient (Wildman–Crippen LogP) is 0.337. The van der Waals surface area contributed by atoms with Crippen LogP contribution in [0, 0.1) is 0 Å². The summed E-state index contributed by atoms with van der Waals surface area (Å²) in [5.74, 6) is -0.227. The first-order chi connectivity index (χ1) is 7.11. The molecular formula is C9H14N2O4. The quantitative estimate of drug-likeness (QED) is 0.735. The highest BCUT2D eigenvalue weighted by Gasteiger charge is 2.09. The molecule has 0 fully saturated rings. The number of hydrogen-bond donors (Lipinski definition) is 1. The summed E-state index contributed by atoms with van der Waals surface area (Å²) < 4.78 is 9.83. The SMILES string of the molecule is COCc1cc(CN(C)CC(=O)O)no1. The molecule has 0 saturated heterocycles. The largest absolute Gasteiger partial charge is 0.480 e. The summed E-state index contributed by atoms with van der Waals surface area (Å²) in [6.45, 7) is 0.793. The minimum absolute atomic E-state index is 0.0214. The van der Waals surface area contributed by atoms with Gasteiger partial charge in [-0.3, -0.25) is 9.69 Å². The molecule has 0 aromatic carbocycles. The van der Waals surface area contributed by atoms with Crippen molar-refractivity contribution < 1.29 is 19.2 Å². The van der Waals surface area contributed by atoms with Crippen molar-refractivity contribution >= 4 is 5.97 Å². The molecule has 84 valence electrons. The summed E-state index contributed by atoms with van der Waals surface area (Å²) in [6.07, 6.45) is 0. The van der Waals surface area contributed by atoms with Crippen LogP contribution in [0.1, 0.15) is 11.5 Å². The van der Waals surface area contributed by atoms with Crippen LogP contribution in [0.15, 0.2) is 10.6 Å². The third-order valence-electron chi connectivity index (χ3n) is 1.73. The Bertz CT molecular complexity index is 324. The zero-order valence-electron chi connectivity index (χ0n) is 8.77. The molecule has 1 aromatic heterocycles. The number of nitrogens with zero attached hydrogens (tertiary/aromatic N) is 2. The highest BCUT2D eigenvalue weighted by molar-refractivity contribution is 5.68. The van der Waals surface area contributed by atoms with Crippen molar-refractivity contribution in [2.45, 2.75) is 13.2 Å². The molecule has 0 aliphatic rings. The molecule has 0 saturated carbocycles. The van der Waals surface area contributed by atoms with E-state index in [1.54, 1.807) is 25.1 Å². The van der Waals surface area contributed by atoms with Gasteiger partial charge in [-0.15, -0.1) is 0 Å². The molecule has 0 aliphatic heterocycles. The fourth-order valence-electron chi connectivity index (χ4n) is 1.20. The van der Waals surface area contributed by atoms with Gasteiger partial charge in [0.2, 0.25) is 0 Å². The maximum absolute atomic E-state index is 10.4. The van der Waals surface area contributed by atoms with E-state index >= 15 is 0 Å². The fraction of sp³-hybridized carbons (Fsp3) is 0.556. The van der Waals surface area contributed by atoms with Crippen molar-refractivity contribution in [2.24, 2.45) is 0 Å². The van der Waals surface area contributed by atoms with Gasteiger partial charge in [0.25, 0.3) is 0 Å². The highest BCUT2D eigenvalue weighted by Crippen LogP contribution is 2.06. The molecule has 6 nitrogen and oxygen atoms in total. The minimum atomic E-state index is -0.863. The Kier molecular flexibility index (Phi) is 4.26. The number of carboxylic acid groups (broad SMARTS) is 1. The van der Waals surface area contributed by atoms with Crippen LogP contribution >= 0.6 is 0 Å². The van der Waals surface area contributed by atoms with Crippen LogP contribution in [0.4, 0.5) is 0 Å². The van der Waals surface area contributed by atoms with Crippen LogP contribution in [-0.2, 0) is 22.7 Å². The van der Waals surface area contributed by atoms with E-state index in [0.29, 0.717) is 24.6 Å². The van der Waals surface area contributed by atoms with E-state index in [2.05, 4.69) is 5.16 Å². The summed E-state index contributed by atoms with van der Waals surface area (Å²) in [5.41, 5.74) is 0.700. The van der Waals surface area contributed by atoms with Crippen LogP contribution in [0.3, 0.4) is 0 Å². The van der Waals surface area contributed by atoms with E-state index < -0.39 is 5.97 Å². The second kappa shape index (κ2) is 5.47. The van der Waals surface area contributed by atoms with Gasteiger partial charge in [0.1, 0.15) is 6.61 Å². The summed E-state index contributed by atoms with van der Waals surface area (Å²) in [7, 11) is 3.28. The van der Waals surface area contributed by atoms with Crippen LogP contribution < -0.4 is 0 Å². The Morgan fingerprint density at radius 2 is 2.47 bits per heavy atom. The standard InChI is InChI=1S/C9H14N2O4/c1-11(5-9(12)13)4-7-3-8(6-14-2)15-10-7/h3H,4-6H2,1-2H3,(H,12,13). The van der Waals surface area contributed by atoms with E-state index in [-0.39, 0.29) is 6.54 Å². The molecule has 15 heavy (non-hydrogen) atoms. The van der Waals surface area contributed by atoms with E-state index in [1.807, 2.05) is 0 Å². The van der Waals surface area contributed by atoms with E-state index in [9.17, 15) is 4.79 Å². The second-order valence-corrected chi connectivity index (χ2v) is 3.28. The predicted molar refractivity (Wildman–Crippen MR) is 51.2 cm³/mol. The van der Waals surface area contributed by atoms with Gasteiger partial charge in [0.05, 0.1) is 12.2 Å². The maximum Gasteiger partial charge on any atom is 0.317 e. The molecule has 0 unspecified atom stereocenters. The summed E-state index contributed by atoms with van der Waals surface area (Å²) in [6, 6.07) is 1.75. The van der Waals surface area contributed by atoms with Gasteiger partial charge in [-0.25, -0.2) is 0 Å². The molecule has 1 N–H and O–H groups in total. The Hall–Kier alpha value is -1.40. The normalized spacial score (nSPS) is 10.9. The lowest BCUT2D eigenvalue weighted by Crippen LogP contribution is -2.25. The van der Waals surface area contributed by atoms with Crippen molar-refractivity contribution in [2.75, 3.05) is 20.7 Å². The van der Waals surface area contributed by atoms with Gasteiger partial charge in [-0.05, 0) is 7.05 Å². The van der Waals surface area contributed by atoms with Crippen molar-refractivity contribution in [3.05, 3.63) is 17.5 Å². The number of likely N-dealkylation sites (N-methyl/N-ethyl adjacent to an activating group) is 1. The third-order valence-corrected chi connectivity index (χ3v) is 1.73. The van der Waals surface area contributed by atoms with Crippen LogP contribution in [-0.4, -0.2) is 41.8 Å². The number of methoxy groups -OCH3 is 1. The van der Waals surface area contributed by atoms with Gasteiger partial charge in [0, 0.05) is 19.7 Å². The summed E-state index contributed by atoms with van der Waals surface area (Å²) >= 11 is 0. The van der Waals surface area contributed by atoms with E-state index in [4.69, 9.17) is 14.4 Å². The number of rotatable bonds is 6. The van der Waals surface area contributed by atoms with Crippen LogP contribution in [0.5, 0.6) is 0 Å². The topological polar surface area (TPSA) is 75.8 Å². The van der Waals surface area contributed by atoms with E-state index in [0.717, 1.165) is 0 Å². The van der Waals surface area contributed by atoms with E-state index in [1.165, 1.54) is 0 Å². The van der Waals surface area contributed by atoms with Gasteiger partial charge in [-0.2, -0.15) is 0 Å². The molecule has 0 spiro atoms. The average Bonchev–Trinajstić information content (AvgIpc) is 2.51. The lowest BCUT2D eigenvalue weighted by molar-refractivity contribution is -0.138. The summed E-state index contributed by atoms with van der Waals surface area (Å²) in [5, 5.41) is 12.3. The average molecular weight is 214 g/mol. The Morgan fingerprint density at radius 1 is 1.73 bits per heavy atom. The molecule has 1 rings (SSSR count). The smallest absolute Gasteiger partial charge is 0.317 e. The summed E-state index contributed by atoms with van der Waals surface area (Å²) in [4.78, 5) is 12.0. The van der Waals surface area contributed by atoms with Gasteiger partial charge in [-0.1, -0.05) is 5.16 Å². The maximum atomic E-state index is 10.4. The van der Waals surface area contributed by atoms with Crippen LogP contribution in [0.2, 0.25) is 0 Å². The fourth-order valence-corrected chi connectivity index (χ4v) is 1.20. The Labute approximate surface area is 87.4 Å². The van der Waals surface area contributed by atoms with Gasteiger partial charge in [0.15, 0.2) is 5.76 Å². The number of carboxylic acids is 1. The number of aliphatic carboxylic acids is 1. The van der Waals surface area contributed by atoms with Gasteiger partial charge >= 0.3 is 5.97 Å². The monoisotopic (exact) mass is 214 g/mol. The zero-order valence-corrected chi connectivity index (χ0v) is 8.77. The van der Waals surface area contributed by atoms with Crippen molar-refractivity contribution in [1.29, 1.82) is 0 Å². The number of ether oxygens (including phenoxy) is 1. The third kappa shape index (κ3) is 4.09. The highest BCUT2D eigenvalue weighted by atomic mass is 16.5.